The summed E-state index contributed by atoms with van der Waals surface area (Å²) in [7, 11) is 1.96. The summed E-state index contributed by atoms with van der Waals surface area (Å²) in [5.41, 5.74) is 2.62. The molecule has 6 nitrogen and oxygen atoms in total. The maximum absolute atomic E-state index is 12.0. The predicted octanol–water partition coefficient (Wildman–Crippen LogP) is 1.44. The van der Waals surface area contributed by atoms with E-state index in [2.05, 4.69) is 20.3 Å². The largest absolute Gasteiger partial charge is 0.345 e. The average Bonchev–Trinajstić information content (AvgIpc) is 3.09. The Hall–Kier alpha value is -1.92. The molecule has 2 aromatic rings. The molecule has 1 aromatic heterocycles. The molecule has 1 fully saturated rings. The quantitative estimate of drug-likeness (QED) is 0.885. The molecule has 0 unspecified atom stereocenters. The van der Waals surface area contributed by atoms with Crippen LogP contribution in [-0.2, 0) is 4.79 Å². The van der Waals surface area contributed by atoms with Crippen molar-refractivity contribution >= 4 is 22.6 Å². The fourth-order valence-corrected chi connectivity index (χ4v) is 2.56. The molecule has 0 bridgehead atoms. The van der Waals surface area contributed by atoms with Crippen LogP contribution in [0.1, 0.15) is 12.8 Å². The molecule has 20 heavy (non-hydrogen) atoms. The van der Waals surface area contributed by atoms with E-state index in [1.165, 1.54) is 12.8 Å². The summed E-state index contributed by atoms with van der Waals surface area (Å²) >= 11 is 0. The van der Waals surface area contributed by atoms with E-state index in [1.54, 1.807) is 6.33 Å². The number of fused-ring (bicyclic) bond motifs is 1. The van der Waals surface area contributed by atoms with Crippen molar-refractivity contribution < 1.29 is 4.79 Å². The van der Waals surface area contributed by atoms with Crippen molar-refractivity contribution in [2.24, 2.45) is 0 Å². The Bertz CT molecular complexity index is 602. The minimum absolute atomic E-state index is 0.00161. The third-order valence-corrected chi connectivity index (χ3v) is 3.64. The highest BCUT2D eigenvalue weighted by Gasteiger charge is 2.18. The minimum Gasteiger partial charge on any atom is -0.345 e. The van der Waals surface area contributed by atoms with Crippen molar-refractivity contribution in [2.75, 3.05) is 32.0 Å². The molecule has 2 heterocycles. The van der Waals surface area contributed by atoms with Gasteiger partial charge in [-0.25, -0.2) is 15.0 Å². The maximum atomic E-state index is 12.0. The molecule has 0 atom stereocenters. The summed E-state index contributed by atoms with van der Waals surface area (Å²) in [5, 5.41) is 7.14. The Morgan fingerprint density at radius 1 is 1.45 bits per heavy atom. The van der Waals surface area contributed by atoms with Crippen LogP contribution in [0.15, 0.2) is 24.5 Å². The summed E-state index contributed by atoms with van der Waals surface area (Å²) in [6.07, 6.45) is 4.07. The lowest BCUT2D eigenvalue weighted by molar-refractivity contribution is -0.120. The number of anilines is 1. The average molecular weight is 273 g/mol. The first-order valence-corrected chi connectivity index (χ1v) is 6.91. The molecule has 6 heteroatoms. The first-order valence-electron chi connectivity index (χ1n) is 6.91. The standard InChI is InChI=1S/C14H19N5O/c1-18(19-6-2-3-7-19)9-14(20)17-11-4-5-12-13(8-11)16-10-15-12/h4-5,8,10H,2-3,6-7,9H2,1H3,(H,15,16)(H,17,20). The maximum Gasteiger partial charge on any atom is 0.240 e. The van der Waals surface area contributed by atoms with E-state index < -0.39 is 0 Å². The molecular weight excluding hydrogens is 254 g/mol. The number of H-pyrrole nitrogens is 1. The monoisotopic (exact) mass is 273 g/mol. The number of aromatic nitrogens is 2. The number of nitrogens with zero attached hydrogens (tertiary/aromatic N) is 3. The minimum atomic E-state index is -0.00161. The van der Waals surface area contributed by atoms with Crippen LogP contribution in [0.3, 0.4) is 0 Å². The lowest BCUT2D eigenvalue weighted by Gasteiger charge is -2.26. The number of nitrogens with one attached hydrogen (secondary N) is 2. The Kier molecular flexibility index (Phi) is 3.66. The van der Waals surface area contributed by atoms with Gasteiger partial charge in [-0.2, -0.15) is 0 Å². The normalized spacial score (nSPS) is 16.1. The first-order chi connectivity index (χ1) is 9.72. The van der Waals surface area contributed by atoms with Crippen LogP contribution >= 0.6 is 0 Å². The summed E-state index contributed by atoms with van der Waals surface area (Å²) in [6.45, 7) is 2.47. The molecule has 0 aliphatic carbocycles. The zero-order valence-electron chi connectivity index (χ0n) is 11.6. The van der Waals surface area contributed by atoms with Gasteiger partial charge in [-0.15, -0.1) is 0 Å². The van der Waals surface area contributed by atoms with Gasteiger partial charge in [-0.05, 0) is 31.0 Å². The Morgan fingerprint density at radius 3 is 3.05 bits per heavy atom. The van der Waals surface area contributed by atoms with Gasteiger partial charge in [0.1, 0.15) is 0 Å². The fraction of sp³-hybridized carbons (Fsp3) is 0.429. The van der Waals surface area contributed by atoms with E-state index in [0.717, 1.165) is 29.8 Å². The molecular formula is C14H19N5O. The predicted molar refractivity (Wildman–Crippen MR) is 78.2 cm³/mol. The number of likely N-dealkylation sites (N-methyl/N-ethyl adjacent to an activating group) is 1. The smallest absolute Gasteiger partial charge is 0.240 e. The summed E-state index contributed by atoms with van der Waals surface area (Å²) in [4.78, 5) is 19.2. The highest BCUT2D eigenvalue weighted by molar-refractivity contribution is 5.94. The summed E-state index contributed by atoms with van der Waals surface area (Å²) in [5.74, 6) is -0.00161. The number of hydrogen-bond donors (Lipinski definition) is 2. The van der Waals surface area contributed by atoms with E-state index in [1.807, 2.05) is 30.3 Å². The second-order valence-electron chi connectivity index (χ2n) is 5.16. The van der Waals surface area contributed by atoms with Gasteiger partial charge in [0.15, 0.2) is 0 Å². The Morgan fingerprint density at radius 2 is 2.25 bits per heavy atom. The Balaban J connectivity index is 1.60. The molecule has 0 saturated carbocycles. The van der Waals surface area contributed by atoms with Crippen LogP contribution in [0.2, 0.25) is 0 Å². The van der Waals surface area contributed by atoms with Gasteiger partial charge >= 0.3 is 0 Å². The molecule has 1 aliphatic heterocycles. The lowest BCUT2D eigenvalue weighted by Crippen LogP contribution is -2.42. The molecule has 0 radical (unpaired) electrons. The summed E-state index contributed by atoms with van der Waals surface area (Å²) in [6, 6.07) is 5.67. The third kappa shape index (κ3) is 2.81. The highest BCUT2D eigenvalue weighted by atomic mass is 16.2. The molecule has 1 aromatic carbocycles. The van der Waals surface area contributed by atoms with Gasteiger partial charge in [0.25, 0.3) is 0 Å². The van der Waals surface area contributed by atoms with E-state index in [4.69, 9.17) is 0 Å². The number of aromatic amines is 1. The fourth-order valence-electron chi connectivity index (χ4n) is 2.56. The van der Waals surface area contributed by atoms with Crippen LogP contribution in [0, 0.1) is 0 Å². The zero-order valence-corrected chi connectivity index (χ0v) is 11.6. The number of carbonyl (C=O) groups is 1. The van der Waals surface area contributed by atoms with Crippen molar-refractivity contribution in [3.8, 4) is 0 Å². The first kappa shape index (κ1) is 13.1. The van der Waals surface area contributed by atoms with Gasteiger partial charge in [0.2, 0.25) is 5.91 Å². The molecule has 1 saturated heterocycles. The van der Waals surface area contributed by atoms with Gasteiger partial charge < -0.3 is 10.3 Å². The van der Waals surface area contributed by atoms with E-state index in [-0.39, 0.29) is 5.91 Å². The van der Waals surface area contributed by atoms with Crippen LogP contribution in [0.5, 0.6) is 0 Å². The Labute approximate surface area is 117 Å². The van der Waals surface area contributed by atoms with Crippen molar-refractivity contribution in [3.63, 3.8) is 0 Å². The van der Waals surface area contributed by atoms with Crippen LogP contribution in [0.4, 0.5) is 5.69 Å². The van der Waals surface area contributed by atoms with E-state index in [9.17, 15) is 4.79 Å². The topological polar surface area (TPSA) is 64.3 Å². The number of carbonyl (C=O) groups excluding carboxylic acids is 1. The van der Waals surface area contributed by atoms with Crippen molar-refractivity contribution in [2.45, 2.75) is 12.8 Å². The molecule has 2 N–H and O–H groups in total. The third-order valence-electron chi connectivity index (χ3n) is 3.64. The summed E-state index contributed by atoms with van der Waals surface area (Å²) < 4.78 is 0. The van der Waals surface area contributed by atoms with Crippen LogP contribution in [0.25, 0.3) is 11.0 Å². The van der Waals surface area contributed by atoms with Gasteiger partial charge in [-0.1, -0.05) is 0 Å². The number of amides is 1. The van der Waals surface area contributed by atoms with E-state index in [0.29, 0.717) is 6.54 Å². The molecule has 1 amide bonds. The number of benzene rings is 1. The number of imidazole rings is 1. The van der Waals surface area contributed by atoms with Crippen molar-refractivity contribution in [3.05, 3.63) is 24.5 Å². The van der Waals surface area contributed by atoms with Gasteiger partial charge in [-0.3, -0.25) is 4.79 Å². The molecule has 3 rings (SSSR count). The number of rotatable bonds is 4. The van der Waals surface area contributed by atoms with E-state index >= 15 is 0 Å². The lowest BCUT2D eigenvalue weighted by atomic mass is 10.2. The van der Waals surface area contributed by atoms with Crippen molar-refractivity contribution in [1.29, 1.82) is 0 Å². The SMILES string of the molecule is CN(CC(=O)Nc1ccc2nc[nH]c2c1)N1CCCC1. The highest BCUT2D eigenvalue weighted by Crippen LogP contribution is 2.15. The molecule has 106 valence electrons. The second-order valence-corrected chi connectivity index (χ2v) is 5.16. The molecule has 0 spiro atoms. The molecule has 1 aliphatic rings. The number of hydrazine groups is 1. The number of hydrogen-bond acceptors (Lipinski definition) is 4. The van der Waals surface area contributed by atoms with Gasteiger partial charge in [0.05, 0.1) is 23.9 Å². The van der Waals surface area contributed by atoms with Crippen LogP contribution < -0.4 is 5.32 Å². The zero-order chi connectivity index (χ0) is 13.9. The van der Waals surface area contributed by atoms with Gasteiger partial charge in [0, 0.05) is 25.8 Å². The van der Waals surface area contributed by atoms with Crippen LogP contribution in [-0.4, -0.2) is 52.6 Å². The van der Waals surface area contributed by atoms with Crippen molar-refractivity contribution in [1.82, 2.24) is 20.0 Å². The second kappa shape index (κ2) is 5.60.